The molecule has 0 saturated carbocycles. The molecule has 4 rings (SSSR count). The Balaban J connectivity index is 1.44. The molecule has 2 atom stereocenters. The number of aromatic nitrogens is 2. The Hall–Kier alpha value is -1.40. The number of amides is 1. The third kappa shape index (κ3) is 2.90. The number of aryl methyl sites for hydroxylation is 1. The average Bonchev–Trinajstić information content (AvgIpc) is 3.24. The van der Waals surface area contributed by atoms with Crippen LogP contribution in [0.1, 0.15) is 37.2 Å². The van der Waals surface area contributed by atoms with Crippen LogP contribution < -0.4 is 5.32 Å². The van der Waals surface area contributed by atoms with Gasteiger partial charge in [-0.25, -0.2) is 0 Å². The molecule has 1 aromatic rings. The van der Waals surface area contributed by atoms with Crippen molar-refractivity contribution in [2.75, 3.05) is 32.8 Å². The van der Waals surface area contributed by atoms with Gasteiger partial charge in [0.2, 0.25) is 5.91 Å². The Morgan fingerprint density at radius 1 is 1.43 bits per heavy atom. The molecule has 0 radical (unpaired) electrons. The third-order valence-corrected chi connectivity index (χ3v) is 5.86. The summed E-state index contributed by atoms with van der Waals surface area (Å²) in [6, 6.07) is 0. The van der Waals surface area contributed by atoms with Crippen LogP contribution in [0.15, 0.2) is 12.4 Å². The zero-order valence-corrected chi connectivity index (χ0v) is 13.8. The van der Waals surface area contributed by atoms with Crippen molar-refractivity contribution in [1.82, 2.24) is 20.0 Å². The second-order valence-electron chi connectivity index (χ2n) is 7.44. The molecule has 126 valence electrons. The third-order valence-electron chi connectivity index (χ3n) is 5.86. The molecular weight excluding hydrogens is 292 g/mol. The zero-order valence-electron chi connectivity index (χ0n) is 13.8. The number of piperidine rings is 1. The predicted octanol–water partition coefficient (Wildman–Crippen LogP) is 0.895. The van der Waals surface area contributed by atoms with Crippen LogP contribution in [-0.2, 0) is 16.6 Å². The number of carbonyl (C=O) groups excluding carboxylic acids is 1. The van der Waals surface area contributed by atoms with Crippen LogP contribution in [-0.4, -0.2) is 59.0 Å². The van der Waals surface area contributed by atoms with Crippen LogP contribution >= 0.6 is 0 Å². The SMILES string of the molecule is Cn1cc(C2CC(=O)NC23CCN(CC2CCOC2)CC3)cn1. The van der Waals surface area contributed by atoms with Gasteiger partial charge in [0.25, 0.3) is 0 Å². The first-order valence-corrected chi connectivity index (χ1v) is 8.74. The van der Waals surface area contributed by atoms with Crippen molar-refractivity contribution in [3.05, 3.63) is 18.0 Å². The number of hydrogen-bond acceptors (Lipinski definition) is 4. The molecule has 3 aliphatic heterocycles. The van der Waals surface area contributed by atoms with Crippen molar-refractivity contribution < 1.29 is 9.53 Å². The minimum Gasteiger partial charge on any atom is -0.381 e. The molecule has 1 spiro atoms. The van der Waals surface area contributed by atoms with Crippen LogP contribution in [0.3, 0.4) is 0 Å². The first-order chi connectivity index (χ1) is 11.1. The summed E-state index contributed by atoms with van der Waals surface area (Å²) < 4.78 is 7.32. The minimum absolute atomic E-state index is 0.0667. The highest BCUT2D eigenvalue weighted by Crippen LogP contribution is 2.43. The van der Waals surface area contributed by atoms with Crippen LogP contribution in [0.4, 0.5) is 0 Å². The van der Waals surface area contributed by atoms with E-state index in [2.05, 4.69) is 21.5 Å². The maximum absolute atomic E-state index is 12.1. The molecule has 4 heterocycles. The normalized spacial score (nSPS) is 30.9. The Kier molecular flexibility index (Phi) is 3.89. The summed E-state index contributed by atoms with van der Waals surface area (Å²) in [6.45, 7) is 5.10. The van der Waals surface area contributed by atoms with Crippen LogP contribution in [0.2, 0.25) is 0 Å². The second kappa shape index (κ2) is 5.91. The quantitative estimate of drug-likeness (QED) is 0.899. The number of nitrogens with zero attached hydrogens (tertiary/aromatic N) is 3. The smallest absolute Gasteiger partial charge is 0.221 e. The fourth-order valence-electron chi connectivity index (χ4n) is 4.55. The zero-order chi connectivity index (χ0) is 15.9. The topological polar surface area (TPSA) is 59.4 Å². The highest BCUT2D eigenvalue weighted by Gasteiger charge is 2.49. The van der Waals surface area contributed by atoms with Crippen LogP contribution in [0.5, 0.6) is 0 Å². The summed E-state index contributed by atoms with van der Waals surface area (Å²) in [6.07, 6.45) is 7.85. The Bertz CT molecular complexity index is 571. The highest BCUT2D eigenvalue weighted by atomic mass is 16.5. The highest BCUT2D eigenvalue weighted by molar-refractivity contribution is 5.81. The van der Waals surface area contributed by atoms with Gasteiger partial charge < -0.3 is 15.0 Å². The van der Waals surface area contributed by atoms with Gasteiger partial charge >= 0.3 is 0 Å². The van der Waals surface area contributed by atoms with E-state index in [9.17, 15) is 4.79 Å². The van der Waals surface area contributed by atoms with Crippen molar-refractivity contribution in [3.8, 4) is 0 Å². The lowest BCUT2D eigenvalue weighted by molar-refractivity contribution is -0.120. The Morgan fingerprint density at radius 3 is 2.91 bits per heavy atom. The van der Waals surface area contributed by atoms with Crippen LogP contribution in [0.25, 0.3) is 0 Å². The van der Waals surface area contributed by atoms with E-state index in [0.717, 1.165) is 45.7 Å². The first kappa shape index (κ1) is 15.1. The predicted molar refractivity (Wildman–Crippen MR) is 86.0 cm³/mol. The van der Waals surface area contributed by atoms with Gasteiger partial charge in [-0.1, -0.05) is 0 Å². The molecule has 2 unspecified atom stereocenters. The number of ether oxygens (including phenoxy) is 1. The summed E-state index contributed by atoms with van der Waals surface area (Å²) in [5.74, 6) is 1.15. The first-order valence-electron chi connectivity index (χ1n) is 8.74. The Labute approximate surface area is 137 Å². The van der Waals surface area contributed by atoms with E-state index in [4.69, 9.17) is 4.74 Å². The van der Waals surface area contributed by atoms with Crippen molar-refractivity contribution in [1.29, 1.82) is 0 Å². The van der Waals surface area contributed by atoms with Gasteiger partial charge in [-0.3, -0.25) is 9.48 Å². The van der Waals surface area contributed by atoms with Gasteiger partial charge in [0, 0.05) is 57.4 Å². The van der Waals surface area contributed by atoms with Gasteiger partial charge in [-0.2, -0.15) is 5.10 Å². The minimum atomic E-state index is -0.0667. The number of likely N-dealkylation sites (tertiary alicyclic amines) is 1. The number of carbonyl (C=O) groups is 1. The van der Waals surface area contributed by atoms with Crippen molar-refractivity contribution in [3.63, 3.8) is 0 Å². The molecule has 3 fully saturated rings. The molecule has 1 aromatic heterocycles. The molecule has 6 nitrogen and oxygen atoms in total. The van der Waals surface area contributed by atoms with E-state index in [0.29, 0.717) is 12.3 Å². The summed E-state index contributed by atoms with van der Waals surface area (Å²) >= 11 is 0. The summed E-state index contributed by atoms with van der Waals surface area (Å²) in [7, 11) is 1.94. The van der Waals surface area contributed by atoms with E-state index < -0.39 is 0 Å². The molecule has 1 N–H and O–H groups in total. The largest absolute Gasteiger partial charge is 0.381 e. The summed E-state index contributed by atoms with van der Waals surface area (Å²) in [5, 5.41) is 7.61. The van der Waals surface area contributed by atoms with Gasteiger partial charge in [-0.15, -0.1) is 0 Å². The molecule has 1 amide bonds. The lowest BCUT2D eigenvalue weighted by Crippen LogP contribution is -2.54. The number of rotatable bonds is 3. The molecular formula is C17H26N4O2. The summed E-state index contributed by atoms with van der Waals surface area (Å²) in [5.41, 5.74) is 1.13. The fraction of sp³-hybridized carbons (Fsp3) is 0.765. The van der Waals surface area contributed by atoms with Gasteiger partial charge in [0.05, 0.1) is 12.8 Å². The second-order valence-corrected chi connectivity index (χ2v) is 7.44. The molecule has 23 heavy (non-hydrogen) atoms. The van der Waals surface area contributed by atoms with E-state index in [1.165, 1.54) is 12.0 Å². The molecule has 0 aromatic carbocycles. The maximum atomic E-state index is 12.1. The lowest BCUT2D eigenvalue weighted by Gasteiger charge is -2.43. The van der Waals surface area contributed by atoms with Crippen molar-refractivity contribution in [2.45, 2.75) is 37.1 Å². The average molecular weight is 318 g/mol. The van der Waals surface area contributed by atoms with E-state index >= 15 is 0 Å². The fourth-order valence-corrected chi connectivity index (χ4v) is 4.55. The standard InChI is InChI=1S/C17H26N4O2/c1-20-11-14(9-18-20)15-8-16(22)19-17(15)3-5-21(6-4-17)10-13-2-7-23-12-13/h9,11,13,15H,2-8,10,12H2,1H3,(H,19,22). The maximum Gasteiger partial charge on any atom is 0.221 e. The van der Waals surface area contributed by atoms with Gasteiger partial charge in [-0.05, 0) is 30.7 Å². The number of hydrogen-bond donors (Lipinski definition) is 1. The molecule has 0 bridgehead atoms. The number of nitrogens with one attached hydrogen (secondary N) is 1. The monoisotopic (exact) mass is 318 g/mol. The van der Waals surface area contributed by atoms with E-state index in [1.54, 1.807) is 0 Å². The van der Waals surface area contributed by atoms with Gasteiger partial charge in [0.1, 0.15) is 0 Å². The lowest BCUT2D eigenvalue weighted by atomic mass is 9.75. The van der Waals surface area contributed by atoms with Gasteiger partial charge in [0.15, 0.2) is 0 Å². The molecule has 3 aliphatic rings. The van der Waals surface area contributed by atoms with E-state index in [1.807, 2.05) is 17.9 Å². The Morgan fingerprint density at radius 2 is 2.26 bits per heavy atom. The molecule has 6 heteroatoms. The van der Waals surface area contributed by atoms with Crippen LogP contribution in [0, 0.1) is 5.92 Å². The molecule has 3 saturated heterocycles. The summed E-state index contributed by atoms with van der Waals surface area (Å²) in [4.78, 5) is 14.6. The van der Waals surface area contributed by atoms with Crippen molar-refractivity contribution in [2.24, 2.45) is 13.0 Å². The van der Waals surface area contributed by atoms with Crippen molar-refractivity contribution >= 4 is 5.91 Å². The molecule has 0 aliphatic carbocycles. The van der Waals surface area contributed by atoms with E-state index in [-0.39, 0.29) is 17.4 Å².